The van der Waals surface area contributed by atoms with Gasteiger partial charge in [-0.25, -0.2) is 9.67 Å². The standard InChI is InChI=1S/C17H17N7/c1-13-5-7-14(8-6-13)16(10-24-12-19-11-21-24)22-23-17(18)15-4-2-3-9-20-15/h2-9,11-12H,10H2,1H3,(H2,18,23)/b22-16+. The highest BCUT2D eigenvalue weighted by molar-refractivity contribution is 6.01. The lowest BCUT2D eigenvalue weighted by Gasteiger charge is -2.06. The second kappa shape index (κ2) is 7.28. The van der Waals surface area contributed by atoms with Crippen molar-refractivity contribution in [3.63, 3.8) is 0 Å². The third-order valence-corrected chi connectivity index (χ3v) is 3.37. The number of amidine groups is 1. The third-order valence-electron chi connectivity index (χ3n) is 3.37. The molecule has 0 unspecified atom stereocenters. The monoisotopic (exact) mass is 319 g/mol. The fourth-order valence-electron chi connectivity index (χ4n) is 2.07. The van der Waals surface area contributed by atoms with Crippen LogP contribution in [0.25, 0.3) is 0 Å². The van der Waals surface area contributed by atoms with Gasteiger partial charge in [0.05, 0.1) is 12.3 Å². The summed E-state index contributed by atoms with van der Waals surface area (Å²) in [6.45, 7) is 2.48. The smallest absolute Gasteiger partial charge is 0.171 e. The Hall–Kier alpha value is -3.35. The number of nitrogens with zero attached hydrogens (tertiary/aromatic N) is 6. The zero-order chi connectivity index (χ0) is 16.8. The van der Waals surface area contributed by atoms with Gasteiger partial charge in [-0.15, -0.1) is 5.10 Å². The summed E-state index contributed by atoms with van der Waals surface area (Å²) in [7, 11) is 0. The Morgan fingerprint density at radius 2 is 1.96 bits per heavy atom. The molecular weight excluding hydrogens is 302 g/mol. The van der Waals surface area contributed by atoms with Crippen LogP contribution in [0.3, 0.4) is 0 Å². The molecule has 2 aromatic heterocycles. The van der Waals surface area contributed by atoms with Crippen molar-refractivity contribution in [2.75, 3.05) is 0 Å². The Kier molecular flexibility index (Phi) is 4.71. The molecule has 0 aliphatic rings. The van der Waals surface area contributed by atoms with E-state index in [-0.39, 0.29) is 5.84 Å². The van der Waals surface area contributed by atoms with Crippen LogP contribution in [0.1, 0.15) is 16.8 Å². The molecule has 0 aliphatic heterocycles. The number of rotatable bonds is 5. The maximum absolute atomic E-state index is 5.96. The largest absolute Gasteiger partial charge is 0.380 e. The average Bonchev–Trinajstić information content (AvgIpc) is 3.13. The summed E-state index contributed by atoms with van der Waals surface area (Å²) in [4.78, 5) is 8.12. The van der Waals surface area contributed by atoms with Crippen LogP contribution in [0.4, 0.5) is 0 Å². The number of aryl methyl sites for hydroxylation is 1. The molecule has 2 N–H and O–H groups in total. The predicted octanol–water partition coefficient (Wildman–Crippen LogP) is 1.79. The van der Waals surface area contributed by atoms with E-state index in [4.69, 9.17) is 5.73 Å². The number of aromatic nitrogens is 4. The lowest BCUT2D eigenvalue weighted by molar-refractivity contribution is 0.720. The number of hydrogen-bond donors (Lipinski definition) is 1. The van der Waals surface area contributed by atoms with Crippen molar-refractivity contribution < 1.29 is 0 Å². The molecule has 7 heteroatoms. The maximum Gasteiger partial charge on any atom is 0.171 e. The molecule has 0 saturated heterocycles. The minimum Gasteiger partial charge on any atom is -0.380 e. The van der Waals surface area contributed by atoms with Gasteiger partial charge in [-0.3, -0.25) is 4.98 Å². The van der Waals surface area contributed by atoms with E-state index in [1.165, 1.54) is 11.9 Å². The fraction of sp³-hybridized carbons (Fsp3) is 0.118. The van der Waals surface area contributed by atoms with E-state index in [2.05, 4.69) is 25.3 Å². The predicted molar refractivity (Wildman–Crippen MR) is 92.7 cm³/mol. The normalized spacial score (nSPS) is 12.4. The molecule has 0 bridgehead atoms. The first-order valence-corrected chi connectivity index (χ1v) is 7.43. The van der Waals surface area contributed by atoms with E-state index in [0.29, 0.717) is 12.2 Å². The van der Waals surface area contributed by atoms with Gasteiger partial charge in [0, 0.05) is 6.20 Å². The number of nitrogens with two attached hydrogens (primary N) is 1. The summed E-state index contributed by atoms with van der Waals surface area (Å²) in [6, 6.07) is 13.5. The lowest BCUT2D eigenvalue weighted by atomic mass is 10.1. The molecular formula is C17H17N7. The minimum atomic E-state index is 0.263. The van der Waals surface area contributed by atoms with Gasteiger partial charge in [0.15, 0.2) is 5.84 Å². The molecule has 3 aromatic rings. The molecule has 0 amide bonds. The SMILES string of the molecule is Cc1ccc(/C(Cn2cncn2)=N/N=C(\N)c2ccccn2)cc1. The van der Waals surface area contributed by atoms with E-state index in [9.17, 15) is 0 Å². The Morgan fingerprint density at radius 3 is 2.62 bits per heavy atom. The van der Waals surface area contributed by atoms with Gasteiger partial charge in [-0.1, -0.05) is 35.9 Å². The van der Waals surface area contributed by atoms with Gasteiger partial charge in [0.25, 0.3) is 0 Å². The highest BCUT2D eigenvalue weighted by Crippen LogP contribution is 2.07. The summed E-state index contributed by atoms with van der Waals surface area (Å²) < 4.78 is 1.69. The van der Waals surface area contributed by atoms with Crippen molar-refractivity contribution in [3.05, 3.63) is 78.1 Å². The van der Waals surface area contributed by atoms with Gasteiger partial charge in [0.2, 0.25) is 0 Å². The van der Waals surface area contributed by atoms with Crippen molar-refractivity contribution in [1.82, 2.24) is 19.7 Å². The molecule has 0 radical (unpaired) electrons. The van der Waals surface area contributed by atoms with Gasteiger partial charge < -0.3 is 5.73 Å². The van der Waals surface area contributed by atoms with E-state index in [1.54, 1.807) is 23.3 Å². The quantitative estimate of drug-likeness (QED) is 0.441. The van der Waals surface area contributed by atoms with E-state index >= 15 is 0 Å². The Balaban J connectivity index is 1.92. The zero-order valence-corrected chi connectivity index (χ0v) is 13.2. The van der Waals surface area contributed by atoms with E-state index in [1.807, 2.05) is 43.3 Å². The highest BCUT2D eigenvalue weighted by atomic mass is 15.3. The Bertz CT molecular complexity index is 834. The second-order valence-electron chi connectivity index (χ2n) is 5.21. The van der Waals surface area contributed by atoms with Gasteiger partial charge in [0.1, 0.15) is 18.3 Å². The van der Waals surface area contributed by atoms with Crippen LogP contribution < -0.4 is 5.73 Å². The fourth-order valence-corrected chi connectivity index (χ4v) is 2.07. The zero-order valence-electron chi connectivity index (χ0n) is 13.2. The van der Waals surface area contributed by atoms with Crippen LogP contribution in [-0.2, 0) is 6.54 Å². The first-order valence-electron chi connectivity index (χ1n) is 7.43. The summed E-state index contributed by atoms with van der Waals surface area (Å²) in [5.74, 6) is 0.263. The van der Waals surface area contributed by atoms with Crippen molar-refractivity contribution >= 4 is 11.5 Å². The molecule has 2 heterocycles. The van der Waals surface area contributed by atoms with Gasteiger partial charge in [-0.05, 0) is 24.6 Å². The van der Waals surface area contributed by atoms with Crippen LogP contribution in [0.5, 0.6) is 0 Å². The third kappa shape index (κ3) is 3.89. The van der Waals surface area contributed by atoms with Crippen LogP contribution in [0, 0.1) is 6.92 Å². The van der Waals surface area contributed by atoms with Crippen LogP contribution >= 0.6 is 0 Å². The minimum absolute atomic E-state index is 0.263. The van der Waals surface area contributed by atoms with Crippen LogP contribution in [-0.4, -0.2) is 31.3 Å². The average molecular weight is 319 g/mol. The molecule has 1 aromatic carbocycles. The molecule has 3 rings (SSSR count). The lowest BCUT2D eigenvalue weighted by Crippen LogP contribution is -2.16. The van der Waals surface area contributed by atoms with Crippen molar-refractivity contribution in [1.29, 1.82) is 0 Å². The molecule has 24 heavy (non-hydrogen) atoms. The summed E-state index contributed by atoms with van der Waals surface area (Å²) in [5, 5.41) is 12.6. The van der Waals surface area contributed by atoms with Crippen molar-refractivity contribution in [2.24, 2.45) is 15.9 Å². The second-order valence-corrected chi connectivity index (χ2v) is 5.21. The Labute approximate surface area is 139 Å². The molecule has 0 atom stereocenters. The summed E-state index contributed by atoms with van der Waals surface area (Å²) in [5.41, 5.74) is 9.42. The van der Waals surface area contributed by atoms with Gasteiger partial charge in [-0.2, -0.15) is 10.2 Å². The first-order chi connectivity index (χ1) is 11.7. The highest BCUT2D eigenvalue weighted by Gasteiger charge is 2.06. The number of hydrogen-bond acceptors (Lipinski definition) is 5. The summed E-state index contributed by atoms with van der Waals surface area (Å²) in [6.07, 6.45) is 4.78. The van der Waals surface area contributed by atoms with Crippen molar-refractivity contribution in [2.45, 2.75) is 13.5 Å². The molecule has 0 spiro atoms. The van der Waals surface area contributed by atoms with Gasteiger partial charge >= 0.3 is 0 Å². The van der Waals surface area contributed by atoms with Crippen molar-refractivity contribution in [3.8, 4) is 0 Å². The van der Waals surface area contributed by atoms with E-state index in [0.717, 1.165) is 11.3 Å². The van der Waals surface area contributed by atoms with Crippen LogP contribution in [0.15, 0.2) is 71.5 Å². The number of benzene rings is 1. The van der Waals surface area contributed by atoms with E-state index < -0.39 is 0 Å². The molecule has 0 fully saturated rings. The molecule has 120 valence electrons. The first kappa shape index (κ1) is 15.5. The summed E-state index contributed by atoms with van der Waals surface area (Å²) >= 11 is 0. The molecule has 0 aliphatic carbocycles. The van der Waals surface area contributed by atoms with Crippen LogP contribution in [0.2, 0.25) is 0 Å². The number of pyridine rings is 1. The maximum atomic E-state index is 5.96. The molecule has 0 saturated carbocycles. The Morgan fingerprint density at radius 1 is 1.12 bits per heavy atom. The topological polar surface area (TPSA) is 94.3 Å². The molecule has 7 nitrogen and oxygen atoms in total.